The van der Waals surface area contributed by atoms with Gasteiger partial charge in [-0.1, -0.05) is 6.07 Å². The number of rotatable bonds is 7. The van der Waals surface area contributed by atoms with Crippen LogP contribution >= 0.6 is 0 Å². The molecule has 4 N–H and O–H groups in total. The van der Waals surface area contributed by atoms with Crippen molar-refractivity contribution in [2.45, 2.75) is 43.5 Å². The summed E-state index contributed by atoms with van der Waals surface area (Å²) in [6.45, 7) is 3.03. The molecule has 0 amide bonds. The number of aromatic nitrogens is 3. The highest BCUT2D eigenvalue weighted by Gasteiger charge is 2.48. The van der Waals surface area contributed by atoms with Crippen molar-refractivity contribution in [3.05, 3.63) is 54.0 Å². The Labute approximate surface area is 283 Å². The second-order valence-corrected chi connectivity index (χ2v) is 13.0. The lowest BCUT2D eigenvalue weighted by molar-refractivity contribution is -0.375. The van der Waals surface area contributed by atoms with Crippen LogP contribution in [0.15, 0.2) is 42.4 Å². The summed E-state index contributed by atoms with van der Waals surface area (Å²) in [6, 6.07) is 4.99. The molecule has 1 saturated carbocycles. The largest absolute Gasteiger partial charge is 0.492 e. The molecule has 3 atom stereocenters. The van der Waals surface area contributed by atoms with E-state index in [0.717, 1.165) is 31.9 Å². The van der Waals surface area contributed by atoms with E-state index in [1.54, 1.807) is 0 Å². The summed E-state index contributed by atoms with van der Waals surface area (Å²) >= 11 is 0. The number of nitrogens with zero attached hydrogens (tertiary/aromatic N) is 5. The van der Waals surface area contributed by atoms with Gasteiger partial charge in [0.15, 0.2) is 17.4 Å². The van der Waals surface area contributed by atoms with E-state index < -0.39 is 29.1 Å². The monoisotopic (exact) mass is 702 g/mol. The molecule has 4 aliphatic rings. The second kappa shape index (κ2) is 13.1. The van der Waals surface area contributed by atoms with Crippen LogP contribution in [0.3, 0.4) is 0 Å². The van der Waals surface area contributed by atoms with Crippen LogP contribution in [0.5, 0.6) is 11.8 Å². The summed E-state index contributed by atoms with van der Waals surface area (Å²) in [4.78, 5) is 17.9. The summed E-state index contributed by atoms with van der Waals surface area (Å²) in [5.74, 6) is -2.24. The van der Waals surface area contributed by atoms with Gasteiger partial charge in [-0.3, -0.25) is 14.3 Å². The van der Waals surface area contributed by atoms with Crippen LogP contribution < -0.4 is 20.1 Å². The number of aliphatic hydroxyl groups is 2. The number of benzene rings is 2. The number of pyridine rings is 1. The predicted molar refractivity (Wildman–Crippen MR) is 173 cm³/mol. The Morgan fingerprint density at radius 1 is 1.18 bits per heavy atom. The quantitative estimate of drug-likeness (QED) is 0.137. The smallest absolute Gasteiger partial charge is 0.461 e. The van der Waals surface area contributed by atoms with Crippen LogP contribution in [0.1, 0.15) is 25.7 Å². The average molecular weight is 703 g/mol. The molecule has 5 heterocycles. The van der Waals surface area contributed by atoms with Crippen molar-refractivity contribution in [2.24, 2.45) is 5.92 Å². The summed E-state index contributed by atoms with van der Waals surface area (Å²) in [6.07, 6.45) is 0.930. The Kier molecular flexibility index (Phi) is 8.90. The van der Waals surface area contributed by atoms with Crippen LogP contribution in [-0.2, 0) is 4.74 Å². The van der Waals surface area contributed by atoms with Gasteiger partial charge in [-0.15, -0.1) is 4.39 Å². The van der Waals surface area contributed by atoms with Gasteiger partial charge in [0.25, 0.3) is 0 Å². The summed E-state index contributed by atoms with van der Waals surface area (Å²) < 4.78 is 85.3. The van der Waals surface area contributed by atoms with Crippen LogP contribution in [0.4, 0.5) is 33.5 Å². The second-order valence-electron chi connectivity index (χ2n) is 13.0. The predicted octanol–water partition coefficient (Wildman–Crippen LogP) is 4.93. The molecule has 11 nitrogen and oxygen atoms in total. The van der Waals surface area contributed by atoms with Crippen LogP contribution in [0.25, 0.3) is 32.9 Å². The normalized spacial score (nSPS) is 24.2. The molecule has 4 fully saturated rings. The van der Waals surface area contributed by atoms with Gasteiger partial charge < -0.3 is 35.1 Å². The summed E-state index contributed by atoms with van der Waals surface area (Å²) in [5, 5.41) is 18.9. The third-order valence-electron chi connectivity index (χ3n) is 9.86. The molecule has 2 aromatic carbocycles. The van der Waals surface area contributed by atoms with Gasteiger partial charge in [-0.25, -0.2) is 13.2 Å². The first-order valence-electron chi connectivity index (χ1n) is 16.1. The maximum atomic E-state index is 16.9. The van der Waals surface area contributed by atoms with Crippen molar-refractivity contribution in [3.63, 3.8) is 0 Å². The average Bonchev–Trinajstić information content (AvgIpc) is 3.67. The van der Waals surface area contributed by atoms with E-state index in [0.29, 0.717) is 68.9 Å². The number of halogens is 5. The molecule has 3 saturated heterocycles. The lowest BCUT2D eigenvalue weighted by Gasteiger charge is -2.31. The molecule has 4 aromatic rings. The van der Waals surface area contributed by atoms with Crippen molar-refractivity contribution in [3.8, 4) is 23.0 Å². The highest BCUT2D eigenvalue weighted by molar-refractivity contribution is 6.04. The van der Waals surface area contributed by atoms with Crippen molar-refractivity contribution in [1.82, 2.24) is 19.9 Å². The summed E-state index contributed by atoms with van der Waals surface area (Å²) in [5.41, 5.74) is 5.96. The van der Waals surface area contributed by atoms with Gasteiger partial charge in [0.1, 0.15) is 23.6 Å². The molecular formula is C34H35F5N6O5. The Morgan fingerprint density at radius 3 is 2.78 bits per heavy atom. The third kappa shape index (κ3) is 6.14. The third-order valence-corrected chi connectivity index (χ3v) is 9.86. The zero-order chi connectivity index (χ0) is 35.4. The zero-order valence-corrected chi connectivity index (χ0v) is 27.0. The number of anilines is 2. The molecule has 0 bridgehead atoms. The van der Waals surface area contributed by atoms with Crippen molar-refractivity contribution in [2.75, 3.05) is 57.3 Å². The number of ether oxygens (including phenoxy) is 3. The first-order valence-corrected chi connectivity index (χ1v) is 16.1. The summed E-state index contributed by atoms with van der Waals surface area (Å²) in [7, 11) is 0.500. The Balaban J connectivity index is 0.00000193. The maximum absolute atomic E-state index is 16.9. The van der Waals surface area contributed by atoms with Crippen molar-refractivity contribution >= 4 is 33.2 Å². The molecule has 2 aromatic heterocycles. The number of hydrogen-bond donors (Lipinski definition) is 3. The molecule has 16 heteroatoms. The number of alkyl halides is 2. The topological polar surface area (TPSA) is 139 Å². The van der Waals surface area contributed by atoms with E-state index in [1.807, 2.05) is 0 Å². The minimum atomic E-state index is -4.23. The van der Waals surface area contributed by atoms with E-state index >= 15 is 4.39 Å². The van der Waals surface area contributed by atoms with Crippen LogP contribution in [-0.4, -0.2) is 94.5 Å². The molecule has 3 aliphatic heterocycles. The fraction of sp³-hybridized carbons (Fsp3) is 0.441. The molecule has 50 heavy (non-hydrogen) atoms. The van der Waals surface area contributed by atoms with Crippen molar-refractivity contribution in [1.29, 1.82) is 0 Å². The lowest BCUT2D eigenvalue weighted by Crippen LogP contribution is -2.43. The Bertz CT molecular complexity index is 1980. The number of nitrogen functional groups attached to an aromatic ring is 1. The lowest BCUT2D eigenvalue weighted by atomic mass is 9.94. The van der Waals surface area contributed by atoms with Gasteiger partial charge in [0.05, 0.1) is 37.6 Å². The van der Waals surface area contributed by atoms with Gasteiger partial charge in [-0.2, -0.15) is 9.97 Å². The highest BCUT2D eigenvalue weighted by atomic mass is 19.2. The van der Waals surface area contributed by atoms with Gasteiger partial charge in [0, 0.05) is 47.9 Å². The maximum Gasteiger partial charge on any atom is 0.492 e. The molecule has 8 rings (SSSR count). The first-order chi connectivity index (χ1) is 24.0. The molecule has 0 spiro atoms. The molecule has 266 valence electrons. The van der Waals surface area contributed by atoms with Crippen LogP contribution in [0, 0.1) is 17.6 Å². The highest BCUT2D eigenvalue weighted by Crippen LogP contribution is 2.45. The van der Waals surface area contributed by atoms with E-state index in [1.165, 1.54) is 24.4 Å². The molecule has 0 radical (unpaired) electrons. The number of nitrogens with two attached hydrogens (primary N) is 1. The standard InChI is InChI=1S/C33H32F4N6O5.CH3F/c34-12-17-11-32(4-1-5-42(32)14-17)16-47-31-40-28-22(30(41-31)43-6-7-46-15-19-9-24(19)43)13-39-27(26(28)36)21-10-20(38)8-18-2-3-23(35)29(25(18)21)48-33(37,44)45;1-2/h2-3,8,10,12-13,19,24,44-45H,1,4-7,9,11,14-16,38H2;1H3/b17-12-;/t19?,24?,32-;/m0./s1. The molecule has 1 aliphatic carbocycles. The van der Waals surface area contributed by atoms with Gasteiger partial charge in [-0.05, 0) is 61.4 Å². The van der Waals surface area contributed by atoms with Gasteiger partial charge in [0.2, 0.25) is 0 Å². The Hall–Kier alpha value is -4.38. The van der Waals surface area contributed by atoms with E-state index in [-0.39, 0.29) is 51.9 Å². The van der Waals surface area contributed by atoms with Crippen LogP contribution in [0.2, 0.25) is 0 Å². The number of fused-ring (bicyclic) bond motifs is 4. The minimum Gasteiger partial charge on any atom is -0.461 e. The van der Waals surface area contributed by atoms with E-state index in [2.05, 4.69) is 24.5 Å². The molecular weight excluding hydrogens is 667 g/mol. The number of hydrogen-bond acceptors (Lipinski definition) is 11. The SMILES string of the molecule is CF.Nc1cc(-c2ncc3c(N4CCOCC5CC54)nc(OC[C@@]45CCCN4C/C(=C\F)C5)nc3c2F)c2c(OC(O)(O)F)c(F)ccc2c1. The van der Waals surface area contributed by atoms with E-state index in [9.17, 15) is 27.8 Å². The van der Waals surface area contributed by atoms with Crippen molar-refractivity contribution < 1.29 is 46.4 Å². The molecule has 2 unspecified atom stereocenters. The fourth-order valence-electron chi connectivity index (χ4n) is 7.61. The fourth-order valence-corrected chi connectivity index (χ4v) is 7.61. The minimum absolute atomic E-state index is 0.0786. The van der Waals surface area contributed by atoms with Gasteiger partial charge >= 0.3 is 12.2 Å². The zero-order valence-electron chi connectivity index (χ0n) is 27.0. The Morgan fingerprint density at radius 2 is 2.00 bits per heavy atom. The first kappa shape index (κ1) is 34.1. The van der Waals surface area contributed by atoms with E-state index in [4.69, 9.17) is 20.2 Å².